The highest BCUT2D eigenvalue weighted by atomic mass is 16.5. The van der Waals surface area contributed by atoms with E-state index in [9.17, 15) is 4.79 Å². The van der Waals surface area contributed by atoms with Gasteiger partial charge in [0.25, 0.3) is 0 Å². The van der Waals surface area contributed by atoms with Crippen molar-refractivity contribution in [3.8, 4) is 5.75 Å². The number of benzene rings is 2. The van der Waals surface area contributed by atoms with Crippen molar-refractivity contribution in [3.63, 3.8) is 0 Å². The molecule has 4 nitrogen and oxygen atoms in total. The van der Waals surface area contributed by atoms with E-state index >= 15 is 0 Å². The van der Waals surface area contributed by atoms with Gasteiger partial charge in [-0.2, -0.15) is 0 Å². The van der Waals surface area contributed by atoms with Crippen LogP contribution in [0.5, 0.6) is 5.75 Å². The molecule has 0 aliphatic heterocycles. The molecule has 0 spiro atoms. The third-order valence-corrected chi connectivity index (χ3v) is 3.14. The fraction of sp³-hybridized carbons (Fsp3) is 0. The molecule has 2 aromatic carbocycles. The lowest BCUT2D eigenvalue weighted by atomic mass is 10.0. The summed E-state index contributed by atoms with van der Waals surface area (Å²) in [6.07, 6.45) is 1.49. The average molecular weight is 291 g/mol. The van der Waals surface area contributed by atoms with E-state index in [2.05, 4.69) is 0 Å². The lowest BCUT2D eigenvalue weighted by molar-refractivity contribution is 0.0734. The van der Waals surface area contributed by atoms with Crippen molar-refractivity contribution in [3.05, 3.63) is 89.9 Å². The Morgan fingerprint density at radius 3 is 2.23 bits per heavy atom. The first-order valence-corrected chi connectivity index (χ1v) is 6.75. The van der Waals surface area contributed by atoms with Crippen molar-refractivity contribution < 1.29 is 13.9 Å². The first-order chi connectivity index (χ1) is 10.8. The zero-order valence-corrected chi connectivity index (χ0v) is 11.7. The summed E-state index contributed by atoms with van der Waals surface area (Å²) in [6, 6.07) is 19.1. The molecular weight excluding hydrogens is 278 g/mol. The lowest BCUT2D eigenvalue weighted by Gasteiger charge is -2.09. The van der Waals surface area contributed by atoms with Crippen molar-refractivity contribution in [2.45, 2.75) is 0 Å². The molecule has 0 radical (unpaired) electrons. The van der Waals surface area contributed by atoms with Gasteiger partial charge in [0.1, 0.15) is 11.5 Å². The number of hydrogen-bond acceptors (Lipinski definition) is 4. The Morgan fingerprint density at radius 2 is 1.55 bits per heavy atom. The van der Waals surface area contributed by atoms with Gasteiger partial charge in [-0.3, -0.25) is 5.41 Å². The Hall–Kier alpha value is -3.14. The molecule has 22 heavy (non-hydrogen) atoms. The van der Waals surface area contributed by atoms with E-state index in [0.717, 1.165) is 0 Å². The van der Waals surface area contributed by atoms with Crippen LogP contribution in [0.4, 0.5) is 0 Å². The van der Waals surface area contributed by atoms with Gasteiger partial charge < -0.3 is 9.15 Å². The van der Waals surface area contributed by atoms with Gasteiger partial charge in [-0.25, -0.2) is 4.79 Å². The van der Waals surface area contributed by atoms with Gasteiger partial charge in [-0.15, -0.1) is 0 Å². The number of carbonyl (C=O) groups is 1. The maximum Gasteiger partial charge on any atom is 0.344 e. The minimum atomic E-state index is -0.502. The SMILES string of the molecule is N=C(c1ccco1)c1ccccc1C(=O)Oc1ccccc1. The van der Waals surface area contributed by atoms with Crippen LogP contribution in [0.2, 0.25) is 0 Å². The predicted octanol–water partition coefficient (Wildman–Crippen LogP) is 3.91. The molecular formula is C18H13NO3. The molecule has 0 aliphatic carbocycles. The van der Waals surface area contributed by atoms with Gasteiger partial charge in [0.05, 0.1) is 11.8 Å². The van der Waals surface area contributed by atoms with E-state index in [-0.39, 0.29) is 5.71 Å². The number of esters is 1. The van der Waals surface area contributed by atoms with Crippen molar-refractivity contribution in [1.82, 2.24) is 0 Å². The van der Waals surface area contributed by atoms with Crippen LogP contribution < -0.4 is 4.74 Å². The van der Waals surface area contributed by atoms with Gasteiger partial charge in [0, 0.05) is 5.56 Å². The van der Waals surface area contributed by atoms with E-state index in [4.69, 9.17) is 14.6 Å². The second kappa shape index (κ2) is 6.10. The molecule has 108 valence electrons. The largest absolute Gasteiger partial charge is 0.463 e. The van der Waals surface area contributed by atoms with E-state index in [1.165, 1.54) is 6.26 Å². The predicted molar refractivity (Wildman–Crippen MR) is 82.5 cm³/mol. The van der Waals surface area contributed by atoms with Crippen LogP contribution in [-0.2, 0) is 0 Å². The normalized spacial score (nSPS) is 10.2. The maximum atomic E-state index is 12.4. The van der Waals surface area contributed by atoms with Crippen LogP contribution in [0.1, 0.15) is 21.7 Å². The van der Waals surface area contributed by atoms with Crippen LogP contribution in [0.15, 0.2) is 77.4 Å². The minimum Gasteiger partial charge on any atom is -0.463 e. The second-order valence-corrected chi connectivity index (χ2v) is 4.60. The van der Waals surface area contributed by atoms with Gasteiger partial charge in [0.2, 0.25) is 0 Å². The molecule has 1 N–H and O–H groups in total. The fourth-order valence-electron chi connectivity index (χ4n) is 2.08. The number of nitrogens with one attached hydrogen (secondary N) is 1. The number of carbonyl (C=O) groups excluding carboxylic acids is 1. The van der Waals surface area contributed by atoms with Gasteiger partial charge >= 0.3 is 5.97 Å². The Balaban J connectivity index is 1.91. The Morgan fingerprint density at radius 1 is 0.864 bits per heavy atom. The molecule has 0 unspecified atom stereocenters. The number of para-hydroxylation sites is 1. The number of hydrogen-bond donors (Lipinski definition) is 1. The van der Waals surface area contributed by atoms with Crippen LogP contribution in [0.25, 0.3) is 0 Å². The first kappa shape index (κ1) is 13.8. The Bertz CT molecular complexity index is 792. The topological polar surface area (TPSA) is 63.3 Å². The highest BCUT2D eigenvalue weighted by molar-refractivity contribution is 6.14. The molecule has 0 bridgehead atoms. The summed E-state index contributed by atoms with van der Waals surface area (Å²) in [5.41, 5.74) is 0.941. The van der Waals surface area contributed by atoms with Crippen LogP contribution in [0, 0.1) is 5.41 Å². The molecule has 3 rings (SSSR count). The summed E-state index contributed by atoms with van der Waals surface area (Å²) in [5.74, 6) is 0.366. The molecule has 4 heteroatoms. The molecule has 1 aromatic heterocycles. The summed E-state index contributed by atoms with van der Waals surface area (Å²) in [7, 11) is 0. The van der Waals surface area contributed by atoms with E-state index in [0.29, 0.717) is 22.6 Å². The van der Waals surface area contributed by atoms with Gasteiger partial charge in [-0.1, -0.05) is 36.4 Å². The number of rotatable bonds is 4. The third-order valence-electron chi connectivity index (χ3n) is 3.14. The van der Waals surface area contributed by atoms with Crippen molar-refractivity contribution in [2.75, 3.05) is 0 Å². The highest BCUT2D eigenvalue weighted by Gasteiger charge is 2.18. The van der Waals surface area contributed by atoms with E-state index in [1.54, 1.807) is 60.7 Å². The Labute approximate surface area is 127 Å². The molecule has 0 saturated carbocycles. The lowest BCUT2D eigenvalue weighted by Crippen LogP contribution is -2.14. The van der Waals surface area contributed by atoms with Crippen molar-refractivity contribution >= 4 is 11.7 Å². The van der Waals surface area contributed by atoms with Crippen molar-refractivity contribution in [2.24, 2.45) is 0 Å². The molecule has 0 amide bonds. The average Bonchev–Trinajstić information content (AvgIpc) is 3.09. The first-order valence-electron chi connectivity index (χ1n) is 6.75. The van der Waals surface area contributed by atoms with Gasteiger partial charge in [0.15, 0.2) is 5.76 Å². The molecule has 0 fully saturated rings. The van der Waals surface area contributed by atoms with Gasteiger partial charge in [-0.05, 0) is 30.3 Å². The fourth-order valence-corrected chi connectivity index (χ4v) is 2.08. The standard InChI is InChI=1S/C18H13NO3/c19-17(16-11-6-12-21-16)14-9-4-5-10-15(14)18(20)22-13-7-2-1-3-8-13/h1-12,19H. The Kier molecular flexibility index (Phi) is 3.83. The molecule has 3 aromatic rings. The van der Waals surface area contributed by atoms with Crippen LogP contribution >= 0.6 is 0 Å². The summed E-state index contributed by atoms with van der Waals surface area (Å²) >= 11 is 0. The van der Waals surface area contributed by atoms with Crippen LogP contribution in [0.3, 0.4) is 0 Å². The summed E-state index contributed by atoms with van der Waals surface area (Å²) in [6.45, 7) is 0. The zero-order chi connectivity index (χ0) is 15.4. The quantitative estimate of drug-likeness (QED) is 0.450. The molecule has 0 aliphatic rings. The van der Waals surface area contributed by atoms with E-state index in [1.807, 2.05) is 6.07 Å². The zero-order valence-electron chi connectivity index (χ0n) is 11.7. The smallest absolute Gasteiger partial charge is 0.344 e. The molecule has 0 saturated heterocycles. The van der Waals surface area contributed by atoms with E-state index < -0.39 is 5.97 Å². The molecule has 1 heterocycles. The second-order valence-electron chi connectivity index (χ2n) is 4.60. The maximum absolute atomic E-state index is 12.4. The summed E-state index contributed by atoms with van der Waals surface area (Å²) < 4.78 is 10.6. The number of ether oxygens (including phenoxy) is 1. The highest BCUT2D eigenvalue weighted by Crippen LogP contribution is 2.18. The third kappa shape index (κ3) is 2.81. The summed E-state index contributed by atoms with van der Waals surface area (Å²) in [4.78, 5) is 12.4. The summed E-state index contributed by atoms with van der Waals surface area (Å²) in [5, 5.41) is 8.20. The monoisotopic (exact) mass is 291 g/mol. The van der Waals surface area contributed by atoms with Crippen molar-refractivity contribution in [1.29, 1.82) is 5.41 Å². The number of furan rings is 1. The van der Waals surface area contributed by atoms with Crippen LogP contribution in [-0.4, -0.2) is 11.7 Å². The minimum absolute atomic E-state index is 0.144. The molecule has 0 atom stereocenters.